The molecule has 0 aliphatic carbocycles. The van der Waals surface area contributed by atoms with E-state index in [1.807, 2.05) is 6.20 Å². The van der Waals surface area contributed by atoms with Gasteiger partial charge < -0.3 is 26.0 Å². The van der Waals surface area contributed by atoms with E-state index < -0.39 is 0 Å². The number of nitrogens with one attached hydrogen (secondary N) is 2. The molecule has 1 aromatic carbocycles. The minimum absolute atomic E-state index is 0.319. The minimum atomic E-state index is 0.319. The van der Waals surface area contributed by atoms with E-state index in [0.29, 0.717) is 11.6 Å². The normalized spacial score (nSPS) is 25.3. The van der Waals surface area contributed by atoms with E-state index in [0.717, 1.165) is 43.9 Å². The van der Waals surface area contributed by atoms with Crippen molar-refractivity contribution < 1.29 is 4.74 Å². The predicted octanol–water partition coefficient (Wildman–Crippen LogP) is 2.35. The van der Waals surface area contributed by atoms with Gasteiger partial charge in [0.05, 0.1) is 17.3 Å². The Hall–Kier alpha value is -1.72. The van der Waals surface area contributed by atoms with E-state index in [4.69, 9.17) is 10.5 Å². The van der Waals surface area contributed by atoms with Crippen molar-refractivity contribution in [1.29, 1.82) is 0 Å². The van der Waals surface area contributed by atoms with Crippen LogP contribution in [0.1, 0.15) is 43.2 Å². The van der Waals surface area contributed by atoms with Crippen LogP contribution in [0.25, 0.3) is 5.70 Å². The summed E-state index contributed by atoms with van der Waals surface area (Å²) < 4.78 is 5.75. The molecule has 5 nitrogen and oxygen atoms in total. The van der Waals surface area contributed by atoms with Crippen molar-refractivity contribution in [3.63, 3.8) is 0 Å². The lowest BCUT2D eigenvalue weighted by atomic mass is 9.87. The van der Waals surface area contributed by atoms with Gasteiger partial charge in [-0.1, -0.05) is 6.07 Å². The molecule has 26 heavy (non-hydrogen) atoms. The van der Waals surface area contributed by atoms with Gasteiger partial charge in [-0.2, -0.15) is 0 Å². The lowest BCUT2D eigenvalue weighted by molar-refractivity contribution is 0.0188. The van der Waals surface area contributed by atoms with Crippen LogP contribution in [0.3, 0.4) is 0 Å². The largest absolute Gasteiger partial charge is 0.397 e. The van der Waals surface area contributed by atoms with Crippen molar-refractivity contribution in [2.75, 3.05) is 37.7 Å². The summed E-state index contributed by atoms with van der Waals surface area (Å²) >= 11 is 0. The molecule has 4 N–H and O–H groups in total. The van der Waals surface area contributed by atoms with Crippen molar-refractivity contribution in [3.05, 3.63) is 35.5 Å². The van der Waals surface area contributed by atoms with E-state index in [1.54, 1.807) is 0 Å². The highest BCUT2D eigenvalue weighted by Crippen LogP contribution is 2.34. The molecule has 0 aromatic heterocycles. The fourth-order valence-corrected chi connectivity index (χ4v) is 4.52. The second-order valence-electron chi connectivity index (χ2n) is 8.16. The highest BCUT2D eigenvalue weighted by atomic mass is 16.5. The number of hydrogen-bond donors (Lipinski definition) is 3. The molecule has 0 amide bonds. The maximum absolute atomic E-state index is 6.31. The summed E-state index contributed by atoms with van der Waals surface area (Å²) in [6, 6.07) is 6.62. The van der Waals surface area contributed by atoms with Gasteiger partial charge in [-0.25, -0.2) is 0 Å². The summed E-state index contributed by atoms with van der Waals surface area (Å²) in [5.41, 5.74) is 11.1. The molecule has 142 valence electrons. The van der Waals surface area contributed by atoms with Gasteiger partial charge in [0.1, 0.15) is 0 Å². The molecule has 0 bridgehead atoms. The standard InChI is InChI=1S/C21H32N4O/c1-16-11-17(25-14-21(15-25)8-4-9-24-21)6-7-19(16)20(22)13-23-12-18-5-2-3-10-26-18/h6-7,11,13,18,23-24H,2-5,8-10,12,14-15,22H2,1H3/b20-13-. The lowest BCUT2D eigenvalue weighted by Crippen LogP contribution is -2.67. The number of hydrogen-bond acceptors (Lipinski definition) is 5. The van der Waals surface area contributed by atoms with Crippen LogP contribution in [0.15, 0.2) is 24.4 Å². The fourth-order valence-electron chi connectivity index (χ4n) is 4.52. The average Bonchev–Trinajstić information content (AvgIpc) is 3.11. The van der Waals surface area contributed by atoms with Gasteiger partial charge in [0.2, 0.25) is 0 Å². The summed E-state index contributed by atoms with van der Waals surface area (Å²) in [5, 5.41) is 7.02. The van der Waals surface area contributed by atoms with Crippen molar-refractivity contribution in [3.8, 4) is 0 Å². The summed E-state index contributed by atoms with van der Waals surface area (Å²) in [7, 11) is 0. The van der Waals surface area contributed by atoms with E-state index in [1.165, 1.54) is 43.5 Å². The van der Waals surface area contributed by atoms with Gasteiger partial charge in [-0.3, -0.25) is 0 Å². The second kappa shape index (κ2) is 7.49. The van der Waals surface area contributed by atoms with Crippen LogP contribution in [-0.2, 0) is 4.74 Å². The molecule has 1 spiro atoms. The first kappa shape index (κ1) is 17.7. The number of aryl methyl sites for hydroxylation is 1. The zero-order valence-electron chi connectivity index (χ0n) is 15.9. The van der Waals surface area contributed by atoms with E-state index in [9.17, 15) is 0 Å². The molecule has 3 fully saturated rings. The number of ether oxygens (including phenoxy) is 1. The van der Waals surface area contributed by atoms with Gasteiger partial charge in [-0.15, -0.1) is 0 Å². The molecule has 1 unspecified atom stereocenters. The Labute approximate surface area is 157 Å². The number of rotatable bonds is 5. The van der Waals surface area contributed by atoms with Gasteiger partial charge in [0, 0.05) is 43.7 Å². The third kappa shape index (κ3) is 3.69. The fraction of sp³-hybridized carbons (Fsp3) is 0.619. The molecule has 4 rings (SSSR count). The van der Waals surface area contributed by atoms with Gasteiger partial charge >= 0.3 is 0 Å². The quantitative estimate of drug-likeness (QED) is 0.756. The van der Waals surface area contributed by atoms with Crippen LogP contribution in [0.2, 0.25) is 0 Å². The molecule has 3 saturated heterocycles. The molecule has 1 aromatic rings. The Morgan fingerprint density at radius 1 is 1.38 bits per heavy atom. The summed E-state index contributed by atoms with van der Waals surface area (Å²) in [5.74, 6) is 0. The van der Waals surface area contributed by atoms with Crippen molar-refractivity contribution >= 4 is 11.4 Å². The average molecular weight is 357 g/mol. The number of anilines is 1. The Balaban J connectivity index is 1.34. The zero-order valence-corrected chi connectivity index (χ0v) is 15.9. The number of nitrogens with zero attached hydrogens (tertiary/aromatic N) is 1. The molecule has 1 atom stereocenters. The van der Waals surface area contributed by atoms with Crippen LogP contribution in [0, 0.1) is 6.92 Å². The topological polar surface area (TPSA) is 62.5 Å². The smallest absolute Gasteiger partial charge is 0.0747 e. The van der Waals surface area contributed by atoms with Crippen LogP contribution in [0.4, 0.5) is 5.69 Å². The molecule has 0 radical (unpaired) electrons. The molecule has 3 heterocycles. The monoisotopic (exact) mass is 356 g/mol. The third-order valence-electron chi connectivity index (χ3n) is 6.08. The summed E-state index contributed by atoms with van der Waals surface area (Å²) in [6.45, 7) is 7.29. The Bertz CT molecular complexity index is 652. The Morgan fingerprint density at radius 2 is 2.27 bits per heavy atom. The van der Waals surface area contributed by atoms with Crippen LogP contribution in [0.5, 0.6) is 0 Å². The van der Waals surface area contributed by atoms with Crippen LogP contribution >= 0.6 is 0 Å². The third-order valence-corrected chi connectivity index (χ3v) is 6.08. The van der Waals surface area contributed by atoms with Crippen molar-refractivity contribution in [2.45, 2.75) is 50.7 Å². The van der Waals surface area contributed by atoms with E-state index in [-0.39, 0.29) is 0 Å². The molecule has 3 aliphatic rings. The van der Waals surface area contributed by atoms with Crippen LogP contribution in [-0.4, -0.2) is 44.4 Å². The predicted molar refractivity (Wildman–Crippen MR) is 107 cm³/mol. The molecule has 3 aliphatic heterocycles. The van der Waals surface area contributed by atoms with Crippen LogP contribution < -0.4 is 21.3 Å². The molecular formula is C21H32N4O. The van der Waals surface area contributed by atoms with Crippen molar-refractivity contribution in [2.24, 2.45) is 5.73 Å². The molecule has 0 saturated carbocycles. The van der Waals surface area contributed by atoms with Gasteiger partial charge in [0.25, 0.3) is 0 Å². The molecular weight excluding hydrogens is 324 g/mol. The number of benzene rings is 1. The van der Waals surface area contributed by atoms with Gasteiger partial charge in [0.15, 0.2) is 0 Å². The van der Waals surface area contributed by atoms with Gasteiger partial charge in [-0.05, 0) is 63.3 Å². The Morgan fingerprint density at radius 3 is 2.96 bits per heavy atom. The van der Waals surface area contributed by atoms with E-state index >= 15 is 0 Å². The highest BCUT2D eigenvalue weighted by molar-refractivity contribution is 5.68. The molecule has 5 heteroatoms. The number of nitrogens with two attached hydrogens (primary N) is 1. The maximum atomic E-state index is 6.31. The first-order valence-electron chi connectivity index (χ1n) is 10.1. The second-order valence-corrected chi connectivity index (χ2v) is 8.16. The lowest BCUT2D eigenvalue weighted by Gasteiger charge is -2.49. The first-order chi connectivity index (χ1) is 12.7. The highest BCUT2D eigenvalue weighted by Gasteiger charge is 2.44. The SMILES string of the molecule is Cc1cc(N2CC3(CCCN3)C2)ccc1/C(N)=C/NCC1CCCCO1. The maximum Gasteiger partial charge on any atom is 0.0747 e. The summed E-state index contributed by atoms with van der Waals surface area (Å²) in [4.78, 5) is 2.47. The summed E-state index contributed by atoms with van der Waals surface area (Å²) in [6.07, 6.45) is 8.47. The van der Waals surface area contributed by atoms with Crippen molar-refractivity contribution in [1.82, 2.24) is 10.6 Å². The first-order valence-corrected chi connectivity index (χ1v) is 10.1. The Kier molecular flexibility index (Phi) is 5.09. The minimum Gasteiger partial charge on any atom is -0.397 e. The van der Waals surface area contributed by atoms with E-state index in [2.05, 4.69) is 40.7 Å². The zero-order chi connectivity index (χ0) is 18.0.